The maximum absolute atomic E-state index is 9.54. The molecule has 0 radical (unpaired) electrons. The topological polar surface area (TPSA) is 23.5 Å². The zero-order valence-corrected chi connectivity index (χ0v) is 7.74. The second kappa shape index (κ2) is 3.79. The molecular weight excluding hydrogens is 162 g/mol. The Morgan fingerprint density at radius 3 is 2.54 bits per heavy atom. The van der Waals surface area contributed by atoms with Crippen molar-refractivity contribution in [1.29, 1.82) is 0 Å². The highest BCUT2D eigenvalue weighted by Gasteiger charge is 2.12. The van der Waals surface area contributed by atoms with Crippen LogP contribution in [-0.2, 0) is 6.54 Å². The molecule has 0 saturated carbocycles. The van der Waals surface area contributed by atoms with Gasteiger partial charge < -0.3 is 5.11 Å². The Morgan fingerprint density at radius 2 is 1.85 bits per heavy atom. The first-order chi connectivity index (χ1) is 6.36. The van der Waals surface area contributed by atoms with E-state index in [9.17, 15) is 5.11 Å². The van der Waals surface area contributed by atoms with Crippen LogP contribution in [0.4, 0.5) is 0 Å². The van der Waals surface area contributed by atoms with Crippen molar-refractivity contribution in [2.45, 2.75) is 19.4 Å². The van der Waals surface area contributed by atoms with Gasteiger partial charge in [-0.25, -0.2) is 0 Å². The molecule has 1 fully saturated rings. The first-order valence-electron chi connectivity index (χ1n) is 4.85. The van der Waals surface area contributed by atoms with Crippen LogP contribution in [-0.4, -0.2) is 23.1 Å². The molecule has 1 aliphatic heterocycles. The summed E-state index contributed by atoms with van der Waals surface area (Å²) >= 11 is 0. The molecule has 1 aliphatic rings. The summed E-state index contributed by atoms with van der Waals surface area (Å²) in [6.07, 6.45) is 2.60. The summed E-state index contributed by atoms with van der Waals surface area (Å²) in [5.41, 5.74) is 1.05. The third-order valence-corrected chi connectivity index (χ3v) is 2.58. The maximum atomic E-state index is 9.54. The zero-order chi connectivity index (χ0) is 9.10. The summed E-state index contributed by atoms with van der Waals surface area (Å²) in [5, 5.41) is 9.54. The molecule has 1 N–H and O–H groups in total. The molecule has 0 atom stereocenters. The zero-order valence-electron chi connectivity index (χ0n) is 7.74. The van der Waals surface area contributed by atoms with Crippen molar-refractivity contribution in [2.24, 2.45) is 0 Å². The van der Waals surface area contributed by atoms with Gasteiger partial charge in [-0.2, -0.15) is 0 Å². The molecule has 2 heteroatoms. The standard InChI is InChI=1S/C11H15NO/c13-11-6-2-1-5-10(11)9-12-7-3-4-8-12/h1-2,5-6,13H,3-4,7-9H2. The average Bonchev–Trinajstić information content (AvgIpc) is 2.61. The maximum Gasteiger partial charge on any atom is 0.120 e. The number of phenols is 1. The Hall–Kier alpha value is -1.02. The molecule has 1 heterocycles. The van der Waals surface area contributed by atoms with Gasteiger partial charge in [0.25, 0.3) is 0 Å². The normalized spacial score (nSPS) is 17.8. The van der Waals surface area contributed by atoms with Gasteiger partial charge in [0.15, 0.2) is 0 Å². The van der Waals surface area contributed by atoms with E-state index in [1.54, 1.807) is 6.07 Å². The van der Waals surface area contributed by atoms with Gasteiger partial charge in [0, 0.05) is 12.1 Å². The number of hydrogen-bond donors (Lipinski definition) is 1. The number of nitrogens with zero attached hydrogens (tertiary/aromatic N) is 1. The van der Waals surface area contributed by atoms with E-state index in [0.29, 0.717) is 5.75 Å². The third-order valence-electron chi connectivity index (χ3n) is 2.58. The minimum atomic E-state index is 0.425. The van der Waals surface area contributed by atoms with E-state index in [-0.39, 0.29) is 0 Å². The highest BCUT2D eigenvalue weighted by atomic mass is 16.3. The number of likely N-dealkylation sites (tertiary alicyclic amines) is 1. The van der Waals surface area contributed by atoms with Gasteiger partial charge >= 0.3 is 0 Å². The smallest absolute Gasteiger partial charge is 0.120 e. The van der Waals surface area contributed by atoms with Gasteiger partial charge in [-0.15, -0.1) is 0 Å². The van der Waals surface area contributed by atoms with Gasteiger partial charge in [-0.05, 0) is 32.0 Å². The fraction of sp³-hybridized carbons (Fsp3) is 0.455. The Bertz CT molecular complexity index is 279. The Kier molecular flexibility index (Phi) is 2.50. The lowest BCUT2D eigenvalue weighted by molar-refractivity contribution is 0.324. The predicted molar refractivity (Wildman–Crippen MR) is 52.6 cm³/mol. The summed E-state index contributed by atoms with van der Waals surface area (Å²) in [5.74, 6) is 0.425. The Labute approximate surface area is 78.8 Å². The quantitative estimate of drug-likeness (QED) is 0.746. The van der Waals surface area contributed by atoms with Crippen molar-refractivity contribution in [2.75, 3.05) is 13.1 Å². The fourth-order valence-corrected chi connectivity index (χ4v) is 1.83. The van der Waals surface area contributed by atoms with Gasteiger partial charge in [-0.1, -0.05) is 18.2 Å². The summed E-state index contributed by atoms with van der Waals surface area (Å²) < 4.78 is 0. The molecule has 70 valence electrons. The van der Waals surface area contributed by atoms with Crippen LogP contribution < -0.4 is 0 Å². The number of para-hydroxylation sites is 1. The molecule has 0 spiro atoms. The largest absolute Gasteiger partial charge is 0.508 e. The lowest BCUT2D eigenvalue weighted by Crippen LogP contribution is -2.18. The van der Waals surface area contributed by atoms with Gasteiger partial charge in [0.05, 0.1) is 0 Å². The van der Waals surface area contributed by atoms with Crippen LogP contribution in [0.25, 0.3) is 0 Å². The summed E-state index contributed by atoms with van der Waals surface area (Å²) in [7, 11) is 0. The van der Waals surface area contributed by atoms with Crippen LogP contribution >= 0.6 is 0 Å². The summed E-state index contributed by atoms with van der Waals surface area (Å²) in [4.78, 5) is 2.38. The van der Waals surface area contributed by atoms with Crippen molar-refractivity contribution >= 4 is 0 Å². The monoisotopic (exact) mass is 177 g/mol. The van der Waals surface area contributed by atoms with Gasteiger partial charge in [0.2, 0.25) is 0 Å². The predicted octanol–water partition coefficient (Wildman–Crippen LogP) is 1.99. The average molecular weight is 177 g/mol. The second-order valence-corrected chi connectivity index (χ2v) is 3.61. The van der Waals surface area contributed by atoms with Crippen molar-refractivity contribution < 1.29 is 5.11 Å². The van der Waals surface area contributed by atoms with E-state index in [4.69, 9.17) is 0 Å². The molecular formula is C11H15NO. The molecule has 13 heavy (non-hydrogen) atoms. The van der Waals surface area contributed by atoms with Crippen molar-refractivity contribution in [3.05, 3.63) is 29.8 Å². The molecule has 1 aromatic rings. The lowest BCUT2D eigenvalue weighted by atomic mass is 10.2. The van der Waals surface area contributed by atoms with Gasteiger partial charge in [0.1, 0.15) is 5.75 Å². The number of aromatic hydroxyl groups is 1. The number of phenolic OH excluding ortho intramolecular Hbond substituents is 1. The fourth-order valence-electron chi connectivity index (χ4n) is 1.83. The van der Waals surface area contributed by atoms with Crippen LogP contribution in [0.5, 0.6) is 5.75 Å². The van der Waals surface area contributed by atoms with E-state index < -0.39 is 0 Å². The minimum Gasteiger partial charge on any atom is -0.508 e. The number of hydrogen-bond acceptors (Lipinski definition) is 2. The minimum absolute atomic E-state index is 0.425. The summed E-state index contributed by atoms with van der Waals surface area (Å²) in [6, 6.07) is 7.59. The van der Waals surface area contributed by atoms with E-state index in [1.807, 2.05) is 18.2 Å². The molecule has 0 aromatic heterocycles. The molecule has 2 nitrogen and oxygen atoms in total. The van der Waals surface area contributed by atoms with Crippen LogP contribution in [0.1, 0.15) is 18.4 Å². The molecule has 0 bridgehead atoms. The van der Waals surface area contributed by atoms with Gasteiger partial charge in [-0.3, -0.25) is 4.90 Å². The van der Waals surface area contributed by atoms with Crippen LogP contribution in [0.3, 0.4) is 0 Å². The molecule has 0 aliphatic carbocycles. The van der Waals surface area contributed by atoms with Crippen molar-refractivity contribution in [1.82, 2.24) is 4.90 Å². The Morgan fingerprint density at radius 1 is 1.15 bits per heavy atom. The highest BCUT2D eigenvalue weighted by molar-refractivity contribution is 5.31. The Balaban J connectivity index is 2.04. The molecule has 0 amide bonds. The number of benzene rings is 1. The first-order valence-corrected chi connectivity index (χ1v) is 4.85. The lowest BCUT2D eigenvalue weighted by Gasteiger charge is -2.14. The van der Waals surface area contributed by atoms with Crippen LogP contribution in [0.15, 0.2) is 24.3 Å². The molecule has 2 rings (SSSR count). The summed E-state index contributed by atoms with van der Waals surface area (Å²) in [6.45, 7) is 3.25. The first kappa shape index (κ1) is 8.57. The SMILES string of the molecule is Oc1ccccc1CN1CCCC1. The van der Waals surface area contributed by atoms with E-state index in [2.05, 4.69) is 4.90 Å². The highest BCUT2D eigenvalue weighted by Crippen LogP contribution is 2.19. The molecule has 1 aromatic carbocycles. The third kappa shape index (κ3) is 2.01. The van der Waals surface area contributed by atoms with Crippen molar-refractivity contribution in [3.8, 4) is 5.75 Å². The van der Waals surface area contributed by atoms with Crippen LogP contribution in [0, 0.1) is 0 Å². The molecule has 1 saturated heterocycles. The molecule has 0 unspecified atom stereocenters. The number of rotatable bonds is 2. The van der Waals surface area contributed by atoms with E-state index in [0.717, 1.165) is 12.1 Å². The van der Waals surface area contributed by atoms with E-state index >= 15 is 0 Å². The second-order valence-electron chi connectivity index (χ2n) is 3.61. The van der Waals surface area contributed by atoms with E-state index in [1.165, 1.54) is 25.9 Å². The van der Waals surface area contributed by atoms with Crippen LogP contribution in [0.2, 0.25) is 0 Å². The van der Waals surface area contributed by atoms with Crippen molar-refractivity contribution in [3.63, 3.8) is 0 Å².